The lowest BCUT2D eigenvalue weighted by Crippen LogP contribution is -2.46. The fourth-order valence-electron chi connectivity index (χ4n) is 5.00. The Morgan fingerprint density at radius 1 is 1.00 bits per heavy atom. The van der Waals surface area contributed by atoms with Gasteiger partial charge in [0, 0.05) is 63.1 Å². The molecule has 3 aliphatic heterocycles. The average Bonchev–Trinajstić information content (AvgIpc) is 2.79. The second-order valence-electron chi connectivity index (χ2n) is 9.14. The number of aromatic nitrogens is 1. The quantitative estimate of drug-likeness (QED) is 0.778. The van der Waals surface area contributed by atoms with Gasteiger partial charge in [-0.05, 0) is 43.6 Å². The van der Waals surface area contributed by atoms with Gasteiger partial charge in [0.25, 0.3) is 0 Å². The number of likely N-dealkylation sites (tertiary alicyclic amines) is 1. The summed E-state index contributed by atoms with van der Waals surface area (Å²) in [5.74, 6) is 3.13. The van der Waals surface area contributed by atoms with Crippen molar-refractivity contribution in [1.29, 1.82) is 0 Å². The molecule has 0 unspecified atom stereocenters. The predicted octanol–water partition coefficient (Wildman–Crippen LogP) is 3.03. The zero-order chi connectivity index (χ0) is 20.2. The molecule has 29 heavy (non-hydrogen) atoms. The number of amides is 1. The van der Waals surface area contributed by atoms with Gasteiger partial charge in [0.05, 0.1) is 13.2 Å². The number of carbonyl (C=O) groups is 1. The monoisotopic (exact) mass is 400 g/mol. The van der Waals surface area contributed by atoms with E-state index in [9.17, 15) is 4.79 Å². The Morgan fingerprint density at radius 3 is 2.34 bits per heavy atom. The van der Waals surface area contributed by atoms with Crippen LogP contribution >= 0.6 is 0 Å². The van der Waals surface area contributed by atoms with Crippen LogP contribution in [-0.4, -0.2) is 68.3 Å². The Hall–Kier alpha value is -1.82. The third-order valence-electron chi connectivity index (χ3n) is 7.07. The third kappa shape index (κ3) is 4.85. The van der Waals surface area contributed by atoms with Crippen molar-refractivity contribution >= 4 is 17.4 Å². The van der Waals surface area contributed by atoms with Crippen molar-refractivity contribution in [3.63, 3.8) is 0 Å². The molecule has 4 heterocycles. The first-order chi connectivity index (χ1) is 14.1. The molecular formula is C23H36N4O2. The maximum Gasteiger partial charge on any atom is 0.225 e. The van der Waals surface area contributed by atoms with Crippen LogP contribution in [0.5, 0.6) is 0 Å². The van der Waals surface area contributed by atoms with Crippen LogP contribution < -0.4 is 9.80 Å². The van der Waals surface area contributed by atoms with Crippen LogP contribution in [-0.2, 0) is 9.53 Å². The van der Waals surface area contributed by atoms with Gasteiger partial charge in [0.2, 0.25) is 5.91 Å². The maximum absolute atomic E-state index is 13.0. The van der Waals surface area contributed by atoms with Crippen LogP contribution in [0.25, 0.3) is 0 Å². The molecule has 0 spiro atoms. The van der Waals surface area contributed by atoms with E-state index in [-0.39, 0.29) is 5.92 Å². The van der Waals surface area contributed by atoms with Crippen molar-refractivity contribution < 1.29 is 9.53 Å². The number of pyridine rings is 1. The number of rotatable bonds is 4. The minimum atomic E-state index is 0.185. The molecule has 6 nitrogen and oxygen atoms in total. The van der Waals surface area contributed by atoms with Crippen molar-refractivity contribution in [2.24, 2.45) is 17.8 Å². The SMILES string of the molecule is CC(C)C1CCN(C(=O)C2CCN(c3cc(N4CCOCC4)ccn3)CC2)CC1. The summed E-state index contributed by atoms with van der Waals surface area (Å²) in [5.41, 5.74) is 1.23. The molecule has 0 saturated carbocycles. The van der Waals surface area contributed by atoms with Crippen LogP contribution in [0.15, 0.2) is 18.3 Å². The Morgan fingerprint density at radius 2 is 1.69 bits per heavy atom. The summed E-state index contributed by atoms with van der Waals surface area (Å²) in [5, 5.41) is 0. The van der Waals surface area contributed by atoms with Crippen molar-refractivity contribution in [3.8, 4) is 0 Å². The molecule has 3 saturated heterocycles. The van der Waals surface area contributed by atoms with E-state index in [0.717, 1.165) is 83.0 Å². The van der Waals surface area contributed by atoms with Gasteiger partial charge in [-0.25, -0.2) is 4.98 Å². The second kappa shape index (κ2) is 9.33. The van der Waals surface area contributed by atoms with E-state index >= 15 is 0 Å². The fraction of sp³-hybridized carbons (Fsp3) is 0.739. The van der Waals surface area contributed by atoms with Gasteiger partial charge in [-0.3, -0.25) is 4.79 Å². The summed E-state index contributed by atoms with van der Waals surface area (Å²) in [4.78, 5) is 24.5. The summed E-state index contributed by atoms with van der Waals surface area (Å²) in [6.07, 6.45) is 6.12. The molecule has 1 amide bonds. The van der Waals surface area contributed by atoms with Gasteiger partial charge in [0.15, 0.2) is 0 Å². The van der Waals surface area contributed by atoms with Gasteiger partial charge in [-0.1, -0.05) is 13.8 Å². The molecular weight excluding hydrogens is 364 g/mol. The number of nitrogens with zero attached hydrogens (tertiary/aromatic N) is 4. The highest BCUT2D eigenvalue weighted by molar-refractivity contribution is 5.79. The van der Waals surface area contributed by atoms with Gasteiger partial charge in [0.1, 0.15) is 5.82 Å². The van der Waals surface area contributed by atoms with E-state index in [4.69, 9.17) is 4.74 Å². The highest BCUT2D eigenvalue weighted by Crippen LogP contribution is 2.29. The van der Waals surface area contributed by atoms with E-state index < -0.39 is 0 Å². The zero-order valence-corrected chi connectivity index (χ0v) is 18.1. The summed E-state index contributed by atoms with van der Waals surface area (Å²) in [6, 6.07) is 4.29. The Labute approximate surface area is 175 Å². The molecule has 0 aromatic carbocycles. The summed E-state index contributed by atoms with van der Waals surface area (Å²) >= 11 is 0. The molecule has 1 aromatic rings. The van der Waals surface area contributed by atoms with Gasteiger partial charge >= 0.3 is 0 Å². The van der Waals surface area contributed by atoms with Crippen LogP contribution in [0.1, 0.15) is 39.5 Å². The highest BCUT2D eigenvalue weighted by atomic mass is 16.5. The van der Waals surface area contributed by atoms with E-state index in [1.165, 1.54) is 18.5 Å². The first-order valence-corrected chi connectivity index (χ1v) is 11.4. The Kier molecular flexibility index (Phi) is 6.58. The summed E-state index contributed by atoms with van der Waals surface area (Å²) in [7, 11) is 0. The van der Waals surface area contributed by atoms with Crippen molar-refractivity contribution in [3.05, 3.63) is 18.3 Å². The molecule has 4 rings (SSSR count). The molecule has 3 fully saturated rings. The molecule has 0 radical (unpaired) electrons. The average molecular weight is 401 g/mol. The number of hydrogen-bond donors (Lipinski definition) is 0. The van der Waals surface area contributed by atoms with E-state index in [1.54, 1.807) is 0 Å². The van der Waals surface area contributed by atoms with Crippen molar-refractivity contribution in [1.82, 2.24) is 9.88 Å². The highest BCUT2D eigenvalue weighted by Gasteiger charge is 2.31. The van der Waals surface area contributed by atoms with E-state index in [0.29, 0.717) is 5.91 Å². The Balaban J connectivity index is 1.30. The Bertz CT molecular complexity index is 673. The summed E-state index contributed by atoms with van der Waals surface area (Å²) in [6.45, 7) is 11.8. The molecule has 3 aliphatic rings. The minimum Gasteiger partial charge on any atom is -0.378 e. The number of ether oxygens (including phenoxy) is 1. The number of morpholine rings is 1. The fourth-order valence-corrected chi connectivity index (χ4v) is 5.00. The smallest absolute Gasteiger partial charge is 0.225 e. The summed E-state index contributed by atoms with van der Waals surface area (Å²) < 4.78 is 5.47. The first kappa shape index (κ1) is 20.5. The largest absolute Gasteiger partial charge is 0.378 e. The molecule has 160 valence electrons. The van der Waals surface area contributed by atoms with Crippen LogP contribution in [0.3, 0.4) is 0 Å². The van der Waals surface area contributed by atoms with Gasteiger partial charge in [-0.2, -0.15) is 0 Å². The number of anilines is 2. The predicted molar refractivity (Wildman–Crippen MR) is 116 cm³/mol. The van der Waals surface area contributed by atoms with Gasteiger partial charge in [-0.15, -0.1) is 0 Å². The number of piperidine rings is 2. The second-order valence-corrected chi connectivity index (χ2v) is 9.14. The van der Waals surface area contributed by atoms with Crippen molar-refractivity contribution in [2.45, 2.75) is 39.5 Å². The zero-order valence-electron chi connectivity index (χ0n) is 18.1. The number of hydrogen-bond acceptors (Lipinski definition) is 5. The third-order valence-corrected chi connectivity index (χ3v) is 7.07. The lowest BCUT2D eigenvalue weighted by atomic mass is 9.86. The number of carbonyl (C=O) groups excluding carboxylic acids is 1. The van der Waals surface area contributed by atoms with Gasteiger partial charge < -0.3 is 19.4 Å². The van der Waals surface area contributed by atoms with E-state index in [1.807, 2.05) is 6.20 Å². The molecule has 0 N–H and O–H groups in total. The van der Waals surface area contributed by atoms with E-state index in [2.05, 4.69) is 45.7 Å². The molecule has 0 bridgehead atoms. The molecule has 0 atom stereocenters. The minimum absolute atomic E-state index is 0.185. The molecule has 0 aliphatic carbocycles. The normalized spacial score (nSPS) is 22.4. The van der Waals surface area contributed by atoms with Crippen LogP contribution in [0, 0.1) is 17.8 Å². The maximum atomic E-state index is 13.0. The first-order valence-electron chi connectivity index (χ1n) is 11.4. The van der Waals surface area contributed by atoms with Crippen LogP contribution in [0.2, 0.25) is 0 Å². The standard InChI is InChI=1S/C23H36N4O2/c1-18(2)19-4-11-27(12-5-19)23(28)20-6-9-26(10-7-20)22-17-21(3-8-24-22)25-13-15-29-16-14-25/h3,8,17-20H,4-7,9-16H2,1-2H3. The van der Waals surface area contributed by atoms with Crippen molar-refractivity contribution in [2.75, 3.05) is 62.3 Å². The molecule has 1 aromatic heterocycles. The lowest BCUT2D eigenvalue weighted by molar-refractivity contribution is -0.137. The van der Waals surface area contributed by atoms with Crippen LogP contribution in [0.4, 0.5) is 11.5 Å². The lowest BCUT2D eigenvalue weighted by Gasteiger charge is -2.38. The molecule has 6 heteroatoms. The topological polar surface area (TPSA) is 48.9 Å².